The molecule has 2 aromatic carbocycles. The summed E-state index contributed by atoms with van der Waals surface area (Å²) in [5.41, 5.74) is 0.309. The molecule has 2 aliphatic heterocycles. The molecule has 0 atom stereocenters. The van der Waals surface area contributed by atoms with E-state index in [0.717, 1.165) is 0 Å². The maximum absolute atomic E-state index is 12.7. The molecule has 11 heteroatoms. The summed E-state index contributed by atoms with van der Waals surface area (Å²) >= 11 is 5.81. The molecule has 0 bridgehead atoms. The van der Waals surface area contributed by atoms with Crippen LogP contribution in [0, 0.1) is 0 Å². The van der Waals surface area contributed by atoms with Crippen molar-refractivity contribution in [3.05, 3.63) is 59.1 Å². The van der Waals surface area contributed by atoms with Gasteiger partial charge in [0.25, 0.3) is 5.91 Å². The molecule has 0 saturated carbocycles. The minimum atomic E-state index is -3.64. The van der Waals surface area contributed by atoms with Crippen molar-refractivity contribution in [3.63, 3.8) is 0 Å². The van der Waals surface area contributed by atoms with E-state index < -0.39 is 25.1 Å². The Morgan fingerprint density at radius 3 is 2.00 bits per heavy atom. The summed E-state index contributed by atoms with van der Waals surface area (Å²) in [6.07, 6.45) is 0. The number of hydrogen-bond donors (Lipinski definition) is 0. The van der Waals surface area contributed by atoms with Gasteiger partial charge in [0, 0.05) is 36.8 Å². The standard InChI is InChI=1S/C20H21ClN2O6S2/c21-16-3-7-17(8-4-16)30(25,26)19-13-22(14-19)20(24)15-1-5-18(6-2-15)31(27,28)23-9-11-29-12-10-23/h1-8,19H,9-14H2. The van der Waals surface area contributed by atoms with Crippen LogP contribution < -0.4 is 0 Å². The van der Waals surface area contributed by atoms with Crippen LogP contribution in [0.25, 0.3) is 0 Å². The van der Waals surface area contributed by atoms with Crippen molar-refractivity contribution in [1.29, 1.82) is 0 Å². The molecule has 4 rings (SSSR count). The van der Waals surface area contributed by atoms with Gasteiger partial charge in [0.1, 0.15) is 5.25 Å². The summed E-state index contributed by atoms with van der Waals surface area (Å²) in [6, 6.07) is 11.7. The van der Waals surface area contributed by atoms with Crippen molar-refractivity contribution in [2.75, 3.05) is 39.4 Å². The molecule has 0 aromatic heterocycles. The molecule has 8 nitrogen and oxygen atoms in total. The Balaban J connectivity index is 1.41. The van der Waals surface area contributed by atoms with Crippen molar-refractivity contribution in [3.8, 4) is 0 Å². The Kier molecular flexibility index (Phi) is 6.10. The third-order valence-electron chi connectivity index (χ3n) is 5.43. The molecule has 0 spiro atoms. The third kappa shape index (κ3) is 4.35. The van der Waals surface area contributed by atoms with Gasteiger partial charge in [-0.25, -0.2) is 16.8 Å². The number of rotatable bonds is 5. The lowest BCUT2D eigenvalue weighted by atomic mass is 10.1. The molecule has 2 aliphatic rings. The molecule has 31 heavy (non-hydrogen) atoms. The molecule has 166 valence electrons. The predicted octanol–water partition coefficient (Wildman–Crippen LogP) is 1.66. The Morgan fingerprint density at radius 2 is 1.42 bits per heavy atom. The second-order valence-electron chi connectivity index (χ2n) is 7.37. The van der Waals surface area contributed by atoms with Gasteiger partial charge in [0.05, 0.1) is 23.0 Å². The molecule has 0 N–H and O–H groups in total. The van der Waals surface area contributed by atoms with E-state index in [1.54, 1.807) is 0 Å². The fraction of sp³-hybridized carbons (Fsp3) is 0.350. The summed E-state index contributed by atoms with van der Waals surface area (Å²) in [5, 5.41) is -0.234. The number of likely N-dealkylation sites (tertiary alicyclic amines) is 1. The summed E-state index contributed by atoms with van der Waals surface area (Å²) in [4.78, 5) is 14.4. The first-order chi connectivity index (χ1) is 14.7. The van der Waals surface area contributed by atoms with Gasteiger partial charge in [-0.1, -0.05) is 11.6 Å². The molecular formula is C20H21ClN2O6S2. The number of hydrogen-bond acceptors (Lipinski definition) is 6. The fourth-order valence-corrected chi connectivity index (χ4v) is 6.69. The smallest absolute Gasteiger partial charge is 0.253 e. The van der Waals surface area contributed by atoms with Crippen LogP contribution in [0.1, 0.15) is 10.4 Å². The molecule has 2 saturated heterocycles. The van der Waals surface area contributed by atoms with Gasteiger partial charge in [-0.2, -0.15) is 4.31 Å². The summed E-state index contributed by atoms with van der Waals surface area (Å²) in [7, 11) is -7.19. The van der Waals surface area contributed by atoms with E-state index in [1.165, 1.54) is 57.7 Å². The Morgan fingerprint density at radius 1 is 0.871 bits per heavy atom. The second kappa shape index (κ2) is 8.51. The Labute approximate surface area is 186 Å². The number of benzene rings is 2. The van der Waals surface area contributed by atoms with Crippen molar-refractivity contribution in [2.45, 2.75) is 15.0 Å². The normalized spacial score (nSPS) is 18.5. The van der Waals surface area contributed by atoms with Gasteiger partial charge in [0.2, 0.25) is 10.0 Å². The molecule has 0 unspecified atom stereocenters. The summed E-state index contributed by atoms with van der Waals surface area (Å²) in [6.45, 7) is 1.45. The number of sulfonamides is 1. The highest BCUT2D eigenvalue weighted by Crippen LogP contribution is 2.26. The number of amides is 1. The monoisotopic (exact) mass is 484 g/mol. The van der Waals surface area contributed by atoms with E-state index in [-0.39, 0.29) is 28.8 Å². The van der Waals surface area contributed by atoms with Crippen molar-refractivity contribution >= 4 is 37.4 Å². The predicted molar refractivity (Wildman–Crippen MR) is 114 cm³/mol. The SMILES string of the molecule is O=C(c1ccc(S(=O)(=O)N2CCOCC2)cc1)N1CC(S(=O)(=O)c2ccc(Cl)cc2)C1. The van der Waals surface area contributed by atoms with Gasteiger partial charge in [-0.3, -0.25) is 4.79 Å². The summed E-state index contributed by atoms with van der Waals surface area (Å²) in [5.74, 6) is -0.335. The largest absolute Gasteiger partial charge is 0.379 e. The topological polar surface area (TPSA) is 101 Å². The average molecular weight is 485 g/mol. The average Bonchev–Trinajstić information content (AvgIpc) is 2.73. The highest BCUT2D eigenvalue weighted by molar-refractivity contribution is 7.92. The van der Waals surface area contributed by atoms with Crippen LogP contribution in [-0.4, -0.2) is 76.6 Å². The van der Waals surface area contributed by atoms with Gasteiger partial charge >= 0.3 is 0 Å². The van der Waals surface area contributed by atoms with E-state index in [4.69, 9.17) is 16.3 Å². The first-order valence-corrected chi connectivity index (χ1v) is 13.0. The van der Waals surface area contributed by atoms with Crippen LogP contribution in [0.3, 0.4) is 0 Å². The second-order valence-corrected chi connectivity index (χ2v) is 12.0. The van der Waals surface area contributed by atoms with Crippen LogP contribution in [0.5, 0.6) is 0 Å². The zero-order valence-electron chi connectivity index (χ0n) is 16.5. The maximum Gasteiger partial charge on any atom is 0.253 e. The highest BCUT2D eigenvalue weighted by Gasteiger charge is 2.40. The number of ether oxygens (including phenoxy) is 1. The van der Waals surface area contributed by atoms with Crippen molar-refractivity contribution in [2.24, 2.45) is 0 Å². The zero-order valence-corrected chi connectivity index (χ0v) is 18.9. The molecular weight excluding hydrogens is 464 g/mol. The molecule has 2 fully saturated rings. The van der Waals surface area contributed by atoms with E-state index in [9.17, 15) is 21.6 Å². The van der Waals surface area contributed by atoms with Crippen molar-refractivity contribution in [1.82, 2.24) is 9.21 Å². The Bertz CT molecular complexity index is 1170. The van der Waals surface area contributed by atoms with Crippen LogP contribution in [0.4, 0.5) is 0 Å². The third-order valence-corrected chi connectivity index (χ3v) is 9.70. The molecule has 2 aromatic rings. The van der Waals surface area contributed by atoms with E-state index in [2.05, 4.69) is 0 Å². The first-order valence-electron chi connectivity index (χ1n) is 9.66. The van der Waals surface area contributed by atoms with Crippen LogP contribution in [-0.2, 0) is 24.6 Å². The lowest BCUT2D eigenvalue weighted by molar-refractivity contribution is 0.0658. The fourth-order valence-electron chi connectivity index (χ4n) is 3.51. The van der Waals surface area contributed by atoms with E-state index in [0.29, 0.717) is 36.9 Å². The van der Waals surface area contributed by atoms with Crippen LogP contribution >= 0.6 is 11.6 Å². The van der Waals surface area contributed by atoms with Crippen molar-refractivity contribution < 1.29 is 26.4 Å². The number of sulfone groups is 1. The molecule has 2 heterocycles. The minimum absolute atomic E-state index is 0.0810. The maximum atomic E-state index is 12.7. The van der Waals surface area contributed by atoms with Gasteiger partial charge < -0.3 is 9.64 Å². The van der Waals surface area contributed by atoms with E-state index >= 15 is 0 Å². The quantitative estimate of drug-likeness (QED) is 0.639. The van der Waals surface area contributed by atoms with E-state index in [1.807, 2.05) is 0 Å². The van der Waals surface area contributed by atoms with Crippen LogP contribution in [0.15, 0.2) is 58.3 Å². The lowest BCUT2D eigenvalue weighted by Gasteiger charge is -2.38. The van der Waals surface area contributed by atoms with Crippen LogP contribution in [0.2, 0.25) is 5.02 Å². The van der Waals surface area contributed by atoms with Gasteiger partial charge in [-0.15, -0.1) is 0 Å². The highest BCUT2D eigenvalue weighted by atomic mass is 35.5. The minimum Gasteiger partial charge on any atom is -0.379 e. The zero-order chi connectivity index (χ0) is 22.2. The number of carbonyl (C=O) groups is 1. The summed E-state index contributed by atoms with van der Waals surface area (Å²) < 4.78 is 57.3. The van der Waals surface area contributed by atoms with Gasteiger partial charge in [-0.05, 0) is 48.5 Å². The lowest BCUT2D eigenvalue weighted by Crippen LogP contribution is -2.56. The number of halogens is 1. The van der Waals surface area contributed by atoms with Gasteiger partial charge in [0.15, 0.2) is 9.84 Å². The number of nitrogens with zero attached hydrogens (tertiary/aromatic N) is 2. The molecule has 0 radical (unpaired) electrons. The first kappa shape index (κ1) is 22.2. The Hall–Kier alpha value is -1.98. The number of carbonyl (C=O) groups excluding carboxylic acids is 1. The molecule has 1 amide bonds. The molecule has 0 aliphatic carbocycles. The number of morpholine rings is 1.